The summed E-state index contributed by atoms with van der Waals surface area (Å²) in [6.45, 7) is -0.0654. The molecule has 4 aliphatic rings. The second kappa shape index (κ2) is 7.56. The number of carbonyl (C=O) groups is 6. The normalized spacial score (nSPS) is 32.9. The van der Waals surface area contributed by atoms with Crippen molar-refractivity contribution in [3.63, 3.8) is 0 Å². The van der Waals surface area contributed by atoms with Crippen molar-refractivity contribution in [2.75, 3.05) is 0 Å². The summed E-state index contributed by atoms with van der Waals surface area (Å²) < 4.78 is 0. The van der Waals surface area contributed by atoms with Crippen LogP contribution in [0, 0.1) is 17.8 Å². The Labute approximate surface area is 187 Å². The lowest BCUT2D eigenvalue weighted by Crippen LogP contribution is -2.54. The number of ketones is 1. The van der Waals surface area contributed by atoms with Crippen LogP contribution in [0.4, 0.5) is 0 Å². The second-order valence-electron chi connectivity index (χ2n) is 8.95. The van der Waals surface area contributed by atoms with Gasteiger partial charge in [0.2, 0.25) is 17.7 Å². The number of piperidine rings is 1. The largest absolute Gasteiger partial charge is 0.391 e. The van der Waals surface area contributed by atoms with Crippen LogP contribution in [0.5, 0.6) is 0 Å². The maximum Gasteiger partial charge on any atom is 0.262 e. The molecule has 0 radical (unpaired) electrons. The number of imide groups is 2. The molecule has 6 atom stereocenters. The van der Waals surface area contributed by atoms with E-state index in [1.54, 1.807) is 12.1 Å². The molecule has 33 heavy (non-hydrogen) atoms. The van der Waals surface area contributed by atoms with E-state index in [1.165, 1.54) is 6.07 Å². The summed E-state index contributed by atoms with van der Waals surface area (Å²) in [4.78, 5) is 75.6. The Kier molecular flexibility index (Phi) is 4.91. The summed E-state index contributed by atoms with van der Waals surface area (Å²) in [5.74, 6) is -5.08. The van der Waals surface area contributed by atoms with Crippen LogP contribution >= 0.6 is 0 Å². The second-order valence-corrected chi connectivity index (χ2v) is 8.95. The SMILES string of the molecule is N[C@H]1C2C(=O)[C@@H](C[C@@H]2C(=O)NCc2cccc3c2C(=O)N(C2CCC(=O)NC2=O)C3=O)[C@H]1O. The average Bonchev–Trinajstić information content (AvgIpc) is 3.32. The Morgan fingerprint density at radius 1 is 1.18 bits per heavy atom. The molecule has 172 valence electrons. The van der Waals surface area contributed by atoms with Crippen LogP contribution in [0.1, 0.15) is 45.5 Å². The predicted molar refractivity (Wildman–Crippen MR) is 109 cm³/mol. The van der Waals surface area contributed by atoms with Crippen molar-refractivity contribution in [2.45, 2.75) is 44.0 Å². The van der Waals surface area contributed by atoms with Crippen LogP contribution in [-0.2, 0) is 25.7 Å². The molecule has 11 nitrogen and oxygen atoms in total. The summed E-state index contributed by atoms with van der Waals surface area (Å²) in [5.41, 5.74) is 6.53. The Morgan fingerprint density at radius 2 is 1.94 bits per heavy atom. The third kappa shape index (κ3) is 3.10. The number of nitrogens with two attached hydrogens (primary N) is 1. The van der Waals surface area contributed by atoms with Gasteiger partial charge < -0.3 is 16.2 Å². The zero-order chi connectivity index (χ0) is 23.6. The molecule has 1 aromatic rings. The van der Waals surface area contributed by atoms with Crippen molar-refractivity contribution in [1.29, 1.82) is 0 Å². The van der Waals surface area contributed by atoms with Gasteiger partial charge >= 0.3 is 0 Å². The fourth-order valence-electron chi connectivity index (χ4n) is 5.54. The zero-order valence-corrected chi connectivity index (χ0v) is 17.4. The van der Waals surface area contributed by atoms with Crippen LogP contribution in [0.3, 0.4) is 0 Å². The van der Waals surface area contributed by atoms with E-state index < -0.39 is 65.5 Å². The van der Waals surface area contributed by atoms with Crippen molar-refractivity contribution in [3.05, 3.63) is 34.9 Å². The monoisotopic (exact) mass is 454 g/mol. The first-order chi connectivity index (χ1) is 15.7. The Balaban J connectivity index is 1.33. The first-order valence-electron chi connectivity index (χ1n) is 10.8. The number of benzene rings is 1. The molecule has 5 N–H and O–H groups in total. The third-order valence-corrected chi connectivity index (χ3v) is 7.20. The lowest BCUT2D eigenvalue weighted by molar-refractivity contribution is -0.136. The van der Waals surface area contributed by atoms with E-state index in [4.69, 9.17) is 5.73 Å². The van der Waals surface area contributed by atoms with E-state index in [2.05, 4.69) is 10.6 Å². The van der Waals surface area contributed by atoms with Gasteiger partial charge in [-0.15, -0.1) is 0 Å². The topological polar surface area (TPSA) is 176 Å². The highest BCUT2D eigenvalue weighted by atomic mass is 16.3. The lowest BCUT2D eigenvalue weighted by Gasteiger charge is -2.28. The molecule has 2 unspecified atom stereocenters. The fraction of sp³-hybridized carbons (Fsp3) is 0.455. The van der Waals surface area contributed by atoms with Gasteiger partial charge in [0.05, 0.1) is 23.1 Å². The van der Waals surface area contributed by atoms with E-state index in [9.17, 15) is 33.9 Å². The number of Topliss-reactive ketones (excluding diaryl/α,β-unsaturated/α-hetero) is 1. The minimum absolute atomic E-state index is 0.0197. The minimum atomic E-state index is -1.08. The van der Waals surface area contributed by atoms with Gasteiger partial charge in [0.15, 0.2) is 0 Å². The molecule has 5 amide bonds. The number of amides is 5. The lowest BCUT2D eigenvalue weighted by atomic mass is 9.83. The number of rotatable bonds is 4. The number of nitrogens with one attached hydrogen (secondary N) is 2. The van der Waals surface area contributed by atoms with Crippen LogP contribution in [-0.4, -0.2) is 63.5 Å². The molecule has 2 aliphatic carbocycles. The standard InChI is InChI=1S/C22H22N4O7/c23-16-15-10(6-11(17(15)28)18(16)29)19(30)24-7-8-2-1-3-9-14(8)22(33)26(21(9)32)12-4-5-13(27)25-20(12)31/h1-3,10-12,15-16,18,29H,4-7,23H2,(H,24,30)(H,25,27,31)/t10-,11+,12?,15?,16-,18+/m0/s1. The van der Waals surface area contributed by atoms with Crippen LogP contribution in [0.25, 0.3) is 0 Å². The summed E-state index contributed by atoms with van der Waals surface area (Å²) in [6, 6.07) is 2.79. The third-order valence-electron chi connectivity index (χ3n) is 7.20. The van der Waals surface area contributed by atoms with E-state index in [0.717, 1.165) is 4.90 Å². The number of aliphatic hydroxyl groups excluding tert-OH is 1. The van der Waals surface area contributed by atoms with Gasteiger partial charge in [-0.1, -0.05) is 12.1 Å². The van der Waals surface area contributed by atoms with E-state index >= 15 is 0 Å². The average molecular weight is 454 g/mol. The first kappa shape index (κ1) is 21.4. The number of aliphatic hydroxyl groups is 1. The van der Waals surface area contributed by atoms with Gasteiger partial charge in [-0.05, 0) is 24.5 Å². The van der Waals surface area contributed by atoms with E-state index in [0.29, 0.717) is 5.56 Å². The van der Waals surface area contributed by atoms with Gasteiger partial charge in [0, 0.05) is 30.8 Å². The van der Waals surface area contributed by atoms with Crippen molar-refractivity contribution in [3.8, 4) is 0 Å². The first-order valence-corrected chi connectivity index (χ1v) is 10.8. The number of carbonyl (C=O) groups excluding carboxylic acids is 6. The predicted octanol–water partition coefficient (Wildman–Crippen LogP) is -1.77. The highest BCUT2D eigenvalue weighted by molar-refractivity contribution is 6.24. The summed E-state index contributed by atoms with van der Waals surface area (Å²) >= 11 is 0. The maximum absolute atomic E-state index is 13.1. The Bertz CT molecular complexity index is 1130. The van der Waals surface area contributed by atoms with E-state index in [-0.39, 0.29) is 42.7 Å². The summed E-state index contributed by atoms with van der Waals surface area (Å²) in [7, 11) is 0. The zero-order valence-electron chi connectivity index (χ0n) is 17.4. The molecule has 2 saturated carbocycles. The highest BCUT2D eigenvalue weighted by Crippen LogP contribution is 2.45. The molecule has 5 rings (SSSR count). The minimum Gasteiger partial charge on any atom is -0.391 e. The smallest absolute Gasteiger partial charge is 0.262 e. The van der Waals surface area contributed by atoms with E-state index in [1.807, 2.05) is 0 Å². The molecule has 0 spiro atoms. The van der Waals surface area contributed by atoms with Crippen LogP contribution < -0.4 is 16.4 Å². The van der Waals surface area contributed by atoms with Crippen molar-refractivity contribution < 1.29 is 33.9 Å². The van der Waals surface area contributed by atoms with Crippen LogP contribution in [0.15, 0.2) is 18.2 Å². The molecule has 2 heterocycles. The molecular formula is C22H22N4O7. The van der Waals surface area contributed by atoms with Gasteiger partial charge in [0.1, 0.15) is 11.8 Å². The molecule has 0 aromatic heterocycles. The molecule has 2 bridgehead atoms. The van der Waals surface area contributed by atoms with Crippen molar-refractivity contribution >= 4 is 35.3 Å². The highest BCUT2D eigenvalue weighted by Gasteiger charge is 2.59. The Morgan fingerprint density at radius 3 is 2.61 bits per heavy atom. The van der Waals surface area contributed by atoms with Crippen molar-refractivity contribution in [2.24, 2.45) is 23.5 Å². The van der Waals surface area contributed by atoms with Gasteiger partial charge in [0.25, 0.3) is 11.8 Å². The summed E-state index contributed by atoms with van der Waals surface area (Å²) in [5, 5.41) is 14.9. The fourth-order valence-corrected chi connectivity index (χ4v) is 5.54. The molecule has 1 aromatic carbocycles. The number of nitrogens with zero attached hydrogens (tertiary/aromatic N) is 1. The van der Waals surface area contributed by atoms with Crippen LogP contribution in [0.2, 0.25) is 0 Å². The number of hydrogen-bond acceptors (Lipinski definition) is 8. The number of fused-ring (bicyclic) bond motifs is 3. The quantitative estimate of drug-likeness (QED) is 0.386. The summed E-state index contributed by atoms with van der Waals surface area (Å²) in [6.07, 6.45) is -0.651. The molecular weight excluding hydrogens is 432 g/mol. The van der Waals surface area contributed by atoms with Gasteiger partial charge in [-0.2, -0.15) is 0 Å². The van der Waals surface area contributed by atoms with Crippen molar-refractivity contribution in [1.82, 2.24) is 15.5 Å². The molecule has 3 fully saturated rings. The molecule has 11 heteroatoms. The maximum atomic E-state index is 13.1. The molecule has 1 saturated heterocycles. The van der Waals surface area contributed by atoms with Gasteiger partial charge in [-0.3, -0.25) is 39.0 Å². The molecule has 2 aliphatic heterocycles. The Hall–Kier alpha value is -3.44. The number of hydrogen-bond donors (Lipinski definition) is 4. The van der Waals surface area contributed by atoms with Gasteiger partial charge in [-0.25, -0.2) is 0 Å².